The molecule has 0 unspecified atom stereocenters. The van der Waals surface area contributed by atoms with Gasteiger partial charge in [0.05, 0.1) is 15.9 Å². The van der Waals surface area contributed by atoms with Crippen LogP contribution in [0.5, 0.6) is 0 Å². The molecule has 2 aromatic heterocycles. The maximum atomic E-state index is 13.5. The van der Waals surface area contributed by atoms with Crippen LogP contribution in [0.4, 0.5) is 0 Å². The molecule has 0 amide bonds. The average Bonchev–Trinajstić information content (AvgIpc) is 2.71. The second-order valence-corrected chi connectivity index (χ2v) is 9.32. The van der Waals surface area contributed by atoms with E-state index >= 15 is 0 Å². The maximum absolute atomic E-state index is 13.5. The van der Waals surface area contributed by atoms with E-state index in [1.807, 2.05) is 48.5 Å². The van der Waals surface area contributed by atoms with Gasteiger partial charge in [0.2, 0.25) is 0 Å². The van der Waals surface area contributed by atoms with Crippen LogP contribution in [0.25, 0.3) is 49.0 Å². The Morgan fingerprint density at radius 3 is 2.31 bits per heavy atom. The van der Waals surface area contributed by atoms with E-state index in [0.29, 0.717) is 21.8 Å². The first-order valence-corrected chi connectivity index (χ1v) is 11.1. The van der Waals surface area contributed by atoms with Gasteiger partial charge in [0.25, 0.3) is 5.56 Å². The molecule has 0 saturated carbocycles. The fourth-order valence-electron chi connectivity index (χ4n) is 4.43. The molecule has 6 aromatic rings. The number of pyridine rings is 1. The van der Waals surface area contributed by atoms with Crippen LogP contribution in [-0.2, 0) is 9.84 Å². The molecule has 0 atom stereocenters. The van der Waals surface area contributed by atoms with E-state index in [9.17, 15) is 13.2 Å². The highest BCUT2D eigenvalue weighted by molar-refractivity contribution is 7.91. The van der Waals surface area contributed by atoms with Crippen molar-refractivity contribution in [2.45, 2.75) is 4.90 Å². The number of sulfone groups is 1. The van der Waals surface area contributed by atoms with Gasteiger partial charge in [-0.05, 0) is 29.7 Å². The van der Waals surface area contributed by atoms with E-state index < -0.39 is 9.84 Å². The number of fused-ring (bicyclic) bond motifs is 3. The summed E-state index contributed by atoms with van der Waals surface area (Å²) in [5.74, 6) is 0. The summed E-state index contributed by atoms with van der Waals surface area (Å²) in [6, 6.07) is 20.3. The van der Waals surface area contributed by atoms with Crippen molar-refractivity contribution in [3.63, 3.8) is 0 Å². The Hall–Kier alpha value is -3.51. The third-order valence-corrected chi connectivity index (χ3v) is 6.77. The number of rotatable bonds is 1. The molecular formula is C23H14N2O3S. The summed E-state index contributed by atoms with van der Waals surface area (Å²) in [5.41, 5.74) is 1.93. The first-order valence-electron chi connectivity index (χ1n) is 9.16. The van der Waals surface area contributed by atoms with Gasteiger partial charge >= 0.3 is 0 Å². The van der Waals surface area contributed by atoms with Crippen LogP contribution in [0.15, 0.2) is 76.4 Å². The summed E-state index contributed by atoms with van der Waals surface area (Å²) in [7, 11) is -3.44. The molecule has 0 aliphatic rings. The highest BCUT2D eigenvalue weighted by atomic mass is 32.2. The van der Waals surface area contributed by atoms with E-state index in [1.165, 1.54) is 12.3 Å². The van der Waals surface area contributed by atoms with Crippen molar-refractivity contribution < 1.29 is 8.42 Å². The van der Waals surface area contributed by atoms with Gasteiger partial charge in [-0.1, -0.05) is 42.5 Å². The van der Waals surface area contributed by atoms with E-state index in [2.05, 4.69) is 0 Å². The van der Waals surface area contributed by atoms with Crippen LogP contribution >= 0.6 is 0 Å². The monoisotopic (exact) mass is 398 g/mol. The van der Waals surface area contributed by atoms with Crippen molar-refractivity contribution in [1.82, 2.24) is 9.38 Å². The zero-order valence-corrected chi connectivity index (χ0v) is 16.2. The molecule has 2 heterocycles. The molecule has 6 heteroatoms. The quantitative estimate of drug-likeness (QED) is 0.308. The first kappa shape index (κ1) is 16.4. The number of nitrogens with zero attached hydrogens (tertiary/aromatic N) is 2. The number of hydrogen-bond acceptors (Lipinski definition) is 4. The molecule has 0 bridgehead atoms. The van der Waals surface area contributed by atoms with E-state index in [4.69, 9.17) is 4.98 Å². The van der Waals surface area contributed by atoms with Crippen LogP contribution in [0, 0.1) is 0 Å². The second kappa shape index (κ2) is 5.30. The van der Waals surface area contributed by atoms with Gasteiger partial charge in [0, 0.05) is 33.2 Å². The average molecular weight is 398 g/mol. The van der Waals surface area contributed by atoms with E-state index in [-0.39, 0.29) is 10.5 Å². The molecule has 6 rings (SSSR count). The molecule has 0 radical (unpaired) electrons. The minimum atomic E-state index is -3.44. The summed E-state index contributed by atoms with van der Waals surface area (Å²) in [4.78, 5) is 18.6. The normalized spacial score (nSPS) is 12.7. The molecular weight excluding hydrogens is 384 g/mol. The lowest BCUT2D eigenvalue weighted by atomic mass is 10.0. The molecule has 0 N–H and O–H groups in total. The van der Waals surface area contributed by atoms with Crippen molar-refractivity contribution in [2.24, 2.45) is 0 Å². The molecule has 0 aliphatic heterocycles. The molecule has 0 aliphatic carbocycles. The summed E-state index contributed by atoms with van der Waals surface area (Å²) >= 11 is 0. The highest BCUT2D eigenvalue weighted by Crippen LogP contribution is 2.34. The molecule has 0 saturated heterocycles. The number of aromatic nitrogens is 2. The van der Waals surface area contributed by atoms with Crippen molar-refractivity contribution in [2.75, 3.05) is 6.26 Å². The zero-order valence-electron chi connectivity index (χ0n) is 15.4. The van der Waals surface area contributed by atoms with Crippen LogP contribution in [0.2, 0.25) is 0 Å². The van der Waals surface area contributed by atoms with Gasteiger partial charge in [0.1, 0.15) is 5.65 Å². The van der Waals surface area contributed by atoms with Crippen LogP contribution in [0.1, 0.15) is 0 Å². The third-order valence-electron chi connectivity index (χ3n) is 5.61. The second-order valence-electron chi connectivity index (χ2n) is 7.34. The lowest BCUT2D eigenvalue weighted by molar-refractivity contribution is 0.602. The standard InChI is InChI=1S/C23H14N2O3S/c1-29(27,28)19-12-11-16-21-14(19)7-4-8-15(21)22-24-17-9-2-5-13-6-3-10-18(20(13)17)25(22)23(16)26/h2-12H,1H3. The Labute approximate surface area is 165 Å². The van der Waals surface area contributed by atoms with Gasteiger partial charge < -0.3 is 0 Å². The topological polar surface area (TPSA) is 68.5 Å². The summed E-state index contributed by atoms with van der Waals surface area (Å²) in [5, 5.41) is 4.40. The van der Waals surface area contributed by atoms with Crippen molar-refractivity contribution in [1.29, 1.82) is 0 Å². The Morgan fingerprint density at radius 2 is 1.52 bits per heavy atom. The first-order chi connectivity index (χ1) is 13.9. The largest absolute Gasteiger partial charge is 0.268 e. The van der Waals surface area contributed by atoms with Gasteiger partial charge in [-0.2, -0.15) is 0 Å². The summed E-state index contributed by atoms with van der Waals surface area (Å²) in [6.07, 6.45) is 1.18. The smallest absolute Gasteiger partial charge is 0.264 e. The minimum absolute atomic E-state index is 0.200. The summed E-state index contributed by atoms with van der Waals surface area (Å²) < 4.78 is 26.3. The van der Waals surface area contributed by atoms with Crippen molar-refractivity contribution in [3.05, 3.63) is 77.1 Å². The Morgan fingerprint density at radius 1 is 0.793 bits per heavy atom. The SMILES string of the molecule is CS(=O)(=O)c1ccc2c(=O)n3c4cccc5cccc(nc3c3cccc1c23)c54. The molecule has 0 spiro atoms. The molecule has 4 aromatic carbocycles. The minimum Gasteiger partial charge on any atom is -0.268 e. The Balaban J connectivity index is 2.00. The summed E-state index contributed by atoms with van der Waals surface area (Å²) in [6.45, 7) is 0. The number of hydrogen-bond donors (Lipinski definition) is 0. The van der Waals surface area contributed by atoms with Crippen molar-refractivity contribution >= 4 is 58.8 Å². The van der Waals surface area contributed by atoms with Gasteiger partial charge in [-0.25, -0.2) is 13.4 Å². The lowest BCUT2D eigenvalue weighted by Crippen LogP contribution is -2.17. The fourth-order valence-corrected chi connectivity index (χ4v) is 5.32. The predicted octanol–water partition coefficient (Wildman–Crippen LogP) is 4.15. The fraction of sp³-hybridized carbons (Fsp3) is 0.0435. The molecule has 140 valence electrons. The third kappa shape index (κ3) is 2.06. The Bertz CT molecular complexity index is 1800. The van der Waals surface area contributed by atoms with Crippen LogP contribution in [0.3, 0.4) is 0 Å². The lowest BCUT2D eigenvalue weighted by Gasteiger charge is -2.15. The maximum Gasteiger partial charge on any atom is 0.264 e. The molecule has 29 heavy (non-hydrogen) atoms. The van der Waals surface area contributed by atoms with E-state index in [0.717, 1.165) is 27.2 Å². The molecule has 0 fully saturated rings. The van der Waals surface area contributed by atoms with E-state index in [1.54, 1.807) is 16.5 Å². The van der Waals surface area contributed by atoms with Crippen LogP contribution < -0.4 is 5.56 Å². The molecule has 5 nitrogen and oxygen atoms in total. The predicted molar refractivity (Wildman–Crippen MR) is 116 cm³/mol. The van der Waals surface area contributed by atoms with Crippen LogP contribution in [-0.4, -0.2) is 24.1 Å². The number of benzene rings is 4. The highest BCUT2D eigenvalue weighted by Gasteiger charge is 2.20. The van der Waals surface area contributed by atoms with Gasteiger partial charge in [-0.3, -0.25) is 9.20 Å². The van der Waals surface area contributed by atoms with Gasteiger partial charge in [-0.15, -0.1) is 0 Å². The van der Waals surface area contributed by atoms with Gasteiger partial charge in [0.15, 0.2) is 9.84 Å². The Kier molecular flexibility index (Phi) is 3.01. The van der Waals surface area contributed by atoms with Crippen molar-refractivity contribution in [3.8, 4) is 0 Å². The zero-order chi connectivity index (χ0) is 19.9.